The van der Waals surface area contributed by atoms with Crippen molar-refractivity contribution in [2.75, 3.05) is 0 Å². The van der Waals surface area contributed by atoms with Crippen LogP contribution in [0.1, 0.15) is 22.5 Å². The molecular weight excluding hydrogens is 376 g/mol. The van der Waals surface area contributed by atoms with Gasteiger partial charge in [0, 0.05) is 4.47 Å². The average molecular weight is 391 g/mol. The van der Waals surface area contributed by atoms with Gasteiger partial charge in [-0.2, -0.15) is 5.21 Å². The molecule has 0 aliphatic heterocycles. The number of tetrazole rings is 1. The molecule has 0 bridgehead atoms. The maximum Gasteiger partial charge on any atom is 0.193 e. The number of halogens is 1. The fourth-order valence-electron chi connectivity index (χ4n) is 3.32. The van der Waals surface area contributed by atoms with Crippen molar-refractivity contribution in [1.29, 1.82) is 0 Å². The third-order valence-electron chi connectivity index (χ3n) is 4.37. The third-order valence-corrected chi connectivity index (χ3v) is 5.06. The molecule has 4 rings (SSSR count). The van der Waals surface area contributed by atoms with Gasteiger partial charge in [-0.1, -0.05) is 100 Å². The van der Waals surface area contributed by atoms with Gasteiger partial charge in [-0.15, -0.1) is 10.2 Å². The van der Waals surface area contributed by atoms with Crippen LogP contribution < -0.4 is 0 Å². The molecule has 0 aliphatic rings. The molecule has 1 aromatic heterocycles. The van der Waals surface area contributed by atoms with E-state index >= 15 is 0 Å². The second-order valence-corrected chi connectivity index (χ2v) is 6.55. The van der Waals surface area contributed by atoms with Gasteiger partial charge < -0.3 is 0 Å². The van der Waals surface area contributed by atoms with Crippen molar-refractivity contribution in [3.05, 3.63) is 112 Å². The number of rotatable bonds is 4. The van der Waals surface area contributed by atoms with Crippen molar-refractivity contribution >= 4 is 15.9 Å². The number of nitrogens with zero attached hydrogens (tertiary/aromatic N) is 3. The first-order valence-electron chi connectivity index (χ1n) is 7.93. The molecule has 0 saturated carbocycles. The van der Waals surface area contributed by atoms with Crippen LogP contribution in [-0.2, 0) is 5.41 Å². The maximum atomic E-state index is 4.39. The minimum atomic E-state index is -0.671. The minimum absolute atomic E-state index is 0.608. The number of aromatic nitrogens is 4. The molecule has 5 heteroatoms. The van der Waals surface area contributed by atoms with Crippen LogP contribution in [0.2, 0.25) is 0 Å². The Morgan fingerprint density at radius 1 is 0.720 bits per heavy atom. The van der Waals surface area contributed by atoms with Crippen LogP contribution in [0.3, 0.4) is 0 Å². The standard InChI is InChI=1S/C20H15BrN4/c21-18-14-8-7-13-17(18)20(19-22-24-25-23-19,15-9-3-1-4-10-15)16-11-5-2-6-12-16/h1-14H,(H,22,23,24,25). The van der Waals surface area contributed by atoms with Crippen LogP contribution in [0.5, 0.6) is 0 Å². The lowest BCUT2D eigenvalue weighted by Crippen LogP contribution is -2.32. The normalized spacial score (nSPS) is 11.4. The molecule has 1 N–H and O–H groups in total. The third kappa shape index (κ3) is 2.57. The summed E-state index contributed by atoms with van der Waals surface area (Å²) in [7, 11) is 0. The van der Waals surface area contributed by atoms with Crippen molar-refractivity contribution in [2.24, 2.45) is 0 Å². The number of hydrogen-bond acceptors (Lipinski definition) is 3. The molecule has 4 nitrogen and oxygen atoms in total. The average Bonchev–Trinajstić information content (AvgIpc) is 3.21. The molecule has 0 radical (unpaired) electrons. The van der Waals surface area contributed by atoms with Crippen LogP contribution in [0.4, 0.5) is 0 Å². The molecule has 0 atom stereocenters. The highest BCUT2D eigenvalue weighted by Crippen LogP contribution is 2.45. The van der Waals surface area contributed by atoms with E-state index in [1.807, 2.05) is 54.6 Å². The zero-order chi connectivity index (χ0) is 17.1. The van der Waals surface area contributed by atoms with E-state index in [2.05, 4.69) is 66.9 Å². The molecule has 0 aliphatic carbocycles. The number of benzene rings is 3. The molecule has 122 valence electrons. The quantitative estimate of drug-likeness (QED) is 0.527. The van der Waals surface area contributed by atoms with Gasteiger partial charge in [0.1, 0.15) is 5.41 Å². The summed E-state index contributed by atoms with van der Waals surface area (Å²) in [6.07, 6.45) is 0. The van der Waals surface area contributed by atoms with E-state index in [1.54, 1.807) is 0 Å². The summed E-state index contributed by atoms with van der Waals surface area (Å²) in [5, 5.41) is 15.2. The van der Waals surface area contributed by atoms with E-state index in [1.165, 1.54) is 0 Å². The summed E-state index contributed by atoms with van der Waals surface area (Å²) in [5.41, 5.74) is 2.55. The maximum absolute atomic E-state index is 4.39. The Labute approximate surface area is 154 Å². The molecule has 4 aromatic rings. The number of hydrogen-bond donors (Lipinski definition) is 1. The Kier molecular flexibility index (Phi) is 4.15. The molecule has 0 spiro atoms. The van der Waals surface area contributed by atoms with Gasteiger partial charge >= 0.3 is 0 Å². The summed E-state index contributed by atoms with van der Waals surface area (Å²) >= 11 is 3.73. The minimum Gasteiger partial charge on any atom is -0.177 e. The van der Waals surface area contributed by atoms with E-state index in [9.17, 15) is 0 Å². The molecule has 0 fully saturated rings. The van der Waals surface area contributed by atoms with Crippen molar-refractivity contribution in [3.8, 4) is 0 Å². The topological polar surface area (TPSA) is 54.5 Å². The van der Waals surface area contributed by atoms with Gasteiger partial charge in [0.2, 0.25) is 0 Å². The predicted octanol–water partition coefficient (Wildman–Crippen LogP) is 4.34. The highest BCUT2D eigenvalue weighted by molar-refractivity contribution is 9.10. The summed E-state index contributed by atoms with van der Waals surface area (Å²) in [6, 6.07) is 28.7. The smallest absolute Gasteiger partial charge is 0.177 e. The summed E-state index contributed by atoms with van der Waals surface area (Å²) in [4.78, 5) is 0. The van der Waals surface area contributed by atoms with Crippen LogP contribution in [-0.4, -0.2) is 20.6 Å². The van der Waals surface area contributed by atoms with Crippen molar-refractivity contribution in [2.45, 2.75) is 5.41 Å². The van der Waals surface area contributed by atoms with E-state index < -0.39 is 5.41 Å². The first-order valence-corrected chi connectivity index (χ1v) is 8.73. The monoisotopic (exact) mass is 390 g/mol. The number of H-pyrrole nitrogens is 1. The van der Waals surface area contributed by atoms with Crippen LogP contribution in [0.15, 0.2) is 89.4 Å². The summed E-state index contributed by atoms with van der Waals surface area (Å²) in [5.74, 6) is 0.608. The van der Waals surface area contributed by atoms with Crippen LogP contribution in [0.25, 0.3) is 0 Å². The first kappa shape index (κ1) is 15.7. The van der Waals surface area contributed by atoms with Crippen molar-refractivity contribution in [3.63, 3.8) is 0 Å². The summed E-state index contributed by atoms with van der Waals surface area (Å²) < 4.78 is 0.993. The lowest BCUT2D eigenvalue weighted by molar-refractivity contribution is 0.678. The molecular formula is C20H15BrN4. The van der Waals surface area contributed by atoms with Gasteiger partial charge in [0.25, 0.3) is 0 Å². The van der Waals surface area contributed by atoms with Gasteiger partial charge in [0.05, 0.1) is 0 Å². The van der Waals surface area contributed by atoms with Gasteiger partial charge in [-0.25, -0.2) is 0 Å². The Balaban J connectivity index is 2.15. The van der Waals surface area contributed by atoms with Crippen LogP contribution in [0, 0.1) is 0 Å². The van der Waals surface area contributed by atoms with E-state index in [0.29, 0.717) is 5.82 Å². The molecule has 0 unspecified atom stereocenters. The van der Waals surface area contributed by atoms with Gasteiger partial charge in [0.15, 0.2) is 5.82 Å². The molecule has 0 amide bonds. The molecule has 0 saturated heterocycles. The zero-order valence-corrected chi connectivity index (χ0v) is 14.9. The first-order chi connectivity index (χ1) is 12.3. The fourth-order valence-corrected chi connectivity index (χ4v) is 3.90. The van der Waals surface area contributed by atoms with Gasteiger partial charge in [-0.05, 0) is 22.8 Å². The van der Waals surface area contributed by atoms with E-state index in [-0.39, 0.29) is 0 Å². The van der Waals surface area contributed by atoms with E-state index in [4.69, 9.17) is 0 Å². The van der Waals surface area contributed by atoms with Crippen molar-refractivity contribution in [1.82, 2.24) is 20.6 Å². The van der Waals surface area contributed by atoms with Gasteiger partial charge in [-0.3, -0.25) is 0 Å². The van der Waals surface area contributed by atoms with Crippen LogP contribution >= 0.6 is 15.9 Å². The Morgan fingerprint density at radius 3 is 1.80 bits per heavy atom. The Hall–Kier alpha value is -2.79. The Morgan fingerprint density at radius 2 is 1.28 bits per heavy atom. The van der Waals surface area contributed by atoms with E-state index in [0.717, 1.165) is 21.2 Å². The molecule has 25 heavy (non-hydrogen) atoms. The Bertz CT molecular complexity index is 914. The predicted molar refractivity (Wildman–Crippen MR) is 100 cm³/mol. The lowest BCUT2D eigenvalue weighted by atomic mass is 9.69. The molecule has 3 aromatic carbocycles. The highest BCUT2D eigenvalue weighted by atomic mass is 79.9. The lowest BCUT2D eigenvalue weighted by Gasteiger charge is -2.33. The number of nitrogens with one attached hydrogen (secondary N) is 1. The zero-order valence-electron chi connectivity index (χ0n) is 13.3. The fraction of sp³-hybridized carbons (Fsp3) is 0.0500. The number of aromatic amines is 1. The molecule has 1 heterocycles. The second-order valence-electron chi connectivity index (χ2n) is 5.70. The largest absolute Gasteiger partial charge is 0.193 e. The summed E-state index contributed by atoms with van der Waals surface area (Å²) in [6.45, 7) is 0. The second kappa shape index (κ2) is 6.61. The SMILES string of the molecule is Brc1ccccc1C(c1ccccc1)(c1ccccc1)c1nn[nH]n1. The van der Waals surface area contributed by atoms with Crippen molar-refractivity contribution < 1.29 is 0 Å². The highest BCUT2D eigenvalue weighted by Gasteiger charge is 2.43.